The van der Waals surface area contributed by atoms with Gasteiger partial charge in [0.15, 0.2) is 0 Å². The van der Waals surface area contributed by atoms with Crippen molar-refractivity contribution in [1.82, 2.24) is 4.98 Å². The van der Waals surface area contributed by atoms with Gasteiger partial charge >= 0.3 is 0 Å². The zero-order valence-electron chi connectivity index (χ0n) is 10.3. The zero-order chi connectivity index (χ0) is 13.0. The average molecular weight is 242 g/mol. The summed E-state index contributed by atoms with van der Waals surface area (Å²) in [5.74, 6) is 1.02. The monoisotopic (exact) mass is 242 g/mol. The summed E-state index contributed by atoms with van der Waals surface area (Å²) in [6, 6.07) is 9.63. The van der Waals surface area contributed by atoms with E-state index in [1.807, 2.05) is 30.5 Å². The highest BCUT2D eigenvalue weighted by Crippen LogP contribution is 2.34. The Morgan fingerprint density at radius 2 is 2.06 bits per heavy atom. The van der Waals surface area contributed by atoms with Crippen LogP contribution in [0.4, 0.5) is 0 Å². The van der Waals surface area contributed by atoms with E-state index in [1.54, 1.807) is 20.4 Å². The zero-order valence-corrected chi connectivity index (χ0v) is 10.3. The van der Waals surface area contributed by atoms with E-state index in [1.165, 1.54) is 0 Å². The van der Waals surface area contributed by atoms with Gasteiger partial charge in [-0.15, -0.1) is 0 Å². The van der Waals surface area contributed by atoms with Crippen LogP contribution in [0.2, 0.25) is 0 Å². The minimum absolute atomic E-state index is 0.374. The third kappa shape index (κ3) is 2.16. The van der Waals surface area contributed by atoms with E-state index < -0.39 is 0 Å². The van der Waals surface area contributed by atoms with Crippen molar-refractivity contribution < 1.29 is 9.47 Å². The van der Waals surface area contributed by atoms with Crippen LogP contribution >= 0.6 is 0 Å². The van der Waals surface area contributed by atoms with Crippen molar-refractivity contribution in [3.63, 3.8) is 0 Å². The largest absolute Gasteiger partial charge is 0.497 e. The molecular formula is C14H14N2O2. The normalized spacial score (nSPS) is 11.6. The number of ether oxygens (including phenoxy) is 2. The number of benzene rings is 1. The second-order valence-corrected chi connectivity index (χ2v) is 3.81. The van der Waals surface area contributed by atoms with E-state index in [9.17, 15) is 5.26 Å². The molecule has 0 aliphatic heterocycles. The standard InChI is InChI=1S/C14H14N2O2/c1-17-11-3-4-14(18-2)12(7-11)13(8-15)10-5-6-16-9-10/h3-7,9,13,16H,1-2H3. The van der Waals surface area contributed by atoms with Gasteiger partial charge in [0.05, 0.1) is 20.3 Å². The summed E-state index contributed by atoms with van der Waals surface area (Å²) in [6.45, 7) is 0. The van der Waals surface area contributed by atoms with Crippen LogP contribution in [0.1, 0.15) is 17.0 Å². The number of hydrogen-bond donors (Lipinski definition) is 1. The predicted octanol–water partition coefficient (Wildman–Crippen LogP) is 2.69. The maximum atomic E-state index is 9.37. The molecule has 0 saturated carbocycles. The molecule has 1 unspecified atom stereocenters. The first-order chi connectivity index (χ1) is 8.80. The molecule has 18 heavy (non-hydrogen) atoms. The Labute approximate surface area is 106 Å². The van der Waals surface area contributed by atoms with Crippen LogP contribution < -0.4 is 9.47 Å². The van der Waals surface area contributed by atoms with Crippen LogP contribution in [0.3, 0.4) is 0 Å². The molecule has 0 spiro atoms. The van der Waals surface area contributed by atoms with Gasteiger partial charge in [-0.3, -0.25) is 0 Å². The molecule has 1 heterocycles. The number of aromatic nitrogens is 1. The Bertz CT molecular complexity index is 556. The minimum Gasteiger partial charge on any atom is -0.497 e. The number of nitrogens with one attached hydrogen (secondary N) is 1. The molecule has 0 saturated heterocycles. The fourth-order valence-electron chi connectivity index (χ4n) is 1.90. The van der Waals surface area contributed by atoms with Gasteiger partial charge in [-0.1, -0.05) is 0 Å². The quantitative estimate of drug-likeness (QED) is 0.896. The molecule has 92 valence electrons. The molecule has 0 aliphatic carbocycles. The lowest BCUT2D eigenvalue weighted by atomic mass is 9.93. The minimum atomic E-state index is -0.374. The number of aromatic amines is 1. The first-order valence-corrected chi connectivity index (χ1v) is 5.54. The summed E-state index contributed by atoms with van der Waals surface area (Å²) in [4.78, 5) is 2.96. The fourth-order valence-corrected chi connectivity index (χ4v) is 1.90. The average Bonchev–Trinajstić information content (AvgIpc) is 2.93. The summed E-state index contributed by atoms with van der Waals surface area (Å²) in [5, 5.41) is 9.37. The van der Waals surface area contributed by atoms with Gasteiger partial charge in [-0.2, -0.15) is 5.26 Å². The Morgan fingerprint density at radius 1 is 1.22 bits per heavy atom. The van der Waals surface area contributed by atoms with Crippen molar-refractivity contribution in [2.24, 2.45) is 0 Å². The lowest BCUT2D eigenvalue weighted by molar-refractivity contribution is 0.398. The highest BCUT2D eigenvalue weighted by atomic mass is 16.5. The molecule has 2 rings (SSSR count). The molecule has 0 radical (unpaired) electrons. The number of rotatable bonds is 4. The third-order valence-electron chi connectivity index (χ3n) is 2.83. The molecule has 0 fully saturated rings. The van der Waals surface area contributed by atoms with Crippen molar-refractivity contribution in [3.05, 3.63) is 47.8 Å². The van der Waals surface area contributed by atoms with Crippen LogP contribution in [0.15, 0.2) is 36.7 Å². The molecule has 0 aliphatic rings. The molecule has 1 atom stereocenters. The number of methoxy groups -OCH3 is 2. The second-order valence-electron chi connectivity index (χ2n) is 3.81. The van der Waals surface area contributed by atoms with E-state index in [4.69, 9.17) is 9.47 Å². The van der Waals surface area contributed by atoms with E-state index in [0.29, 0.717) is 11.5 Å². The van der Waals surface area contributed by atoms with Gasteiger partial charge in [-0.05, 0) is 29.8 Å². The Kier molecular flexibility index (Phi) is 3.54. The van der Waals surface area contributed by atoms with Gasteiger partial charge in [0.1, 0.15) is 17.4 Å². The molecule has 1 N–H and O–H groups in total. The summed E-state index contributed by atoms with van der Waals surface area (Å²) in [6.07, 6.45) is 3.61. The highest BCUT2D eigenvalue weighted by molar-refractivity contribution is 5.49. The number of nitrogens with zero attached hydrogens (tertiary/aromatic N) is 1. The Morgan fingerprint density at radius 3 is 2.61 bits per heavy atom. The summed E-state index contributed by atoms with van der Waals surface area (Å²) in [5.41, 5.74) is 1.71. The Balaban J connectivity index is 2.50. The number of nitriles is 1. The van der Waals surface area contributed by atoms with Crippen LogP contribution in [0.25, 0.3) is 0 Å². The Hall–Kier alpha value is -2.41. The first-order valence-electron chi connectivity index (χ1n) is 5.54. The summed E-state index contributed by atoms with van der Waals surface area (Å²) in [7, 11) is 3.19. The van der Waals surface area contributed by atoms with Crippen molar-refractivity contribution >= 4 is 0 Å². The molecule has 4 heteroatoms. The van der Waals surface area contributed by atoms with Crippen molar-refractivity contribution in [2.75, 3.05) is 14.2 Å². The number of hydrogen-bond acceptors (Lipinski definition) is 3. The lowest BCUT2D eigenvalue weighted by Crippen LogP contribution is -2.01. The molecule has 4 nitrogen and oxygen atoms in total. The summed E-state index contributed by atoms with van der Waals surface area (Å²) >= 11 is 0. The lowest BCUT2D eigenvalue weighted by Gasteiger charge is -2.14. The van der Waals surface area contributed by atoms with E-state index >= 15 is 0 Å². The SMILES string of the molecule is COc1ccc(OC)c(C(C#N)c2cc[nH]c2)c1. The van der Waals surface area contributed by atoms with Crippen molar-refractivity contribution in [3.8, 4) is 17.6 Å². The number of H-pyrrole nitrogens is 1. The van der Waals surface area contributed by atoms with Gasteiger partial charge < -0.3 is 14.5 Å². The first kappa shape index (κ1) is 12.1. The molecule has 0 amide bonds. The highest BCUT2D eigenvalue weighted by Gasteiger charge is 2.19. The van der Waals surface area contributed by atoms with Crippen LogP contribution in [0.5, 0.6) is 11.5 Å². The molecule has 0 bridgehead atoms. The van der Waals surface area contributed by atoms with Crippen molar-refractivity contribution in [2.45, 2.75) is 5.92 Å². The predicted molar refractivity (Wildman–Crippen MR) is 67.8 cm³/mol. The van der Waals surface area contributed by atoms with Gasteiger partial charge in [0.2, 0.25) is 0 Å². The maximum absolute atomic E-state index is 9.37. The third-order valence-corrected chi connectivity index (χ3v) is 2.83. The molecular weight excluding hydrogens is 228 g/mol. The van der Waals surface area contributed by atoms with Crippen LogP contribution in [-0.2, 0) is 0 Å². The smallest absolute Gasteiger partial charge is 0.124 e. The van der Waals surface area contributed by atoms with Gasteiger partial charge in [-0.25, -0.2) is 0 Å². The van der Waals surface area contributed by atoms with Crippen LogP contribution in [-0.4, -0.2) is 19.2 Å². The van der Waals surface area contributed by atoms with Gasteiger partial charge in [0.25, 0.3) is 0 Å². The van der Waals surface area contributed by atoms with E-state index in [2.05, 4.69) is 11.1 Å². The van der Waals surface area contributed by atoms with E-state index in [0.717, 1.165) is 11.1 Å². The molecule has 1 aromatic carbocycles. The van der Waals surface area contributed by atoms with E-state index in [-0.39, 0.29) is 5.92 Å². The van der Waals surface area contributed by atoms with Gasteiger partial charge in [0, 0.05) is 18.0 Å². The topological polar surface area (TPSA) is 58.0 Å². The van der Waals surface area contributed by atoms with Crippen molar-refractivity contribution in [1.29, 1.82) is 5.26 Å². The fraction of sp³-hybridized carbons (Fsp3) is 0.214. The molecule has 1 aromatic heterocycles. The summed E-state index contributed by atoms with van der Waals surface area (Å²) < 4.78 is 10.5. The second kappa shape index (κ2) is 5.28. The maximum Gasteiger partial charge on any atom is 0.124 e. The molecule has 2 aromatic rings. The van der Waals surface area contributed by atoms with Crippen LogP contribution in [0, 0.1) is 11.3 Å².